The van der Waals surface area contributed by atoms with Gasteiger partial charge in [0.2, 0.25) is 0 Å². The number of nitrogens with zero attached hydrogens (tertiary/aromatic N) is 2. The molecule has 0 spiro atoms. The fourth-order valence-corrected chi connectivity index (χ4v) is 2.64. The molecule has 0 aliphatic heterocycles. The van der Waals surface area contributed by atoms with Gasteiger partial charge in [-0.1, -0.05) is 12.1 Å². The van der Waals surface area contributed by atoms with Gasteiger partial charge in [-0.15, -0.1) is 0 Å². The Bertz CT molecular complexity index is 579. The molecule has 3 nitrogen and oxygen atoms in total. The average molecular weight is 232 g/mol. The Morgan fingerprint density at radius 1 is 1.47 bits per heavy atom. The molecule has 1 aromatic carbocycles. The third kappa shape index (κ3) is 1.34. The molecule has 1 N–H and O–H groups in total. The number of aromatic nitrogens is 2. The van der Waals surface area contributed by atoms with E-state index >= 15 is 0 Å². The SMILES string of the molecule is Cn1ccnc1C1(O)CCc2c(F)cccc21. The Balaban J connectivity index is 2.21. The van der Waals surface area contributed by atoms with E-state index in [9.17, 15) is 9.50 Å². The second kappa shape index (κ2) is 3.40. The van der Waals surface area contributed by atoms with Gasteiger partial charge in [0.25, 0.3) is 0 Å². The Morgan fingerprint density at radius 3 is 3.00 bits per heavy atom. The molecule has 0 saturated carbocycles. The molecule has 1 aromatic heterocycles. The van der Waals surface area contributed by atoms with Crippen LogP contribution in [0.3, 0.4) is 0 Å². The summed E-state index contributed by atoms with van der Waals surface area (Å²) >= 11 is 0. The average Bonchev–Trinajstić information content (AvgIpc) is 2.86. The quantitative estimate of drug-likeness (QED) is 0.813. The second-order valence-corrected chi connectivity index (χ2v) is 4.49. The molecule has 0 fully saturated rings. The maximum absolute atomic E-state index is 13.6. The highest BCUT2D eigenvalue weighted by atomic mass is 19.1. The van der Waals surface area contributed by atoms with Crippen molar-refractivity contribution in [2.45, 2.75) is 18.4 Å². The molecule has 0 bridgehead atoms. The monoisotopic (exact) mass is 232 g/mol. The summed E-state index contributed by atoms with van der Waals surface area (Å²) in [5.74, 6) is 0.328. The molecule has 0 amide bonds. The highest BCUT2D eigenvalue weighted by Crippen LogP contribution is 2.41. The zero-order chi connectivity index (χ0) is 12.0. The number of aliphatic hydroxyl groups is 1. The Kier molecular flexibility index (Phi) is 2.10. The molecule has 1 aliphatic carbocycles. The number of rotatable bonds is 1. The van der Waals surface area contributed by atoms with Crippen molar-refractivity contribution in [3.05, 3.63) is 53.4 Å². The third-order valence-electron chi connectivity index (χ3n) is 3.49. The van der Waals surface area contributed by atoms with Crippen LogP contribution in [0.25, 0.3) is 0 Å². The first-order chi connectivity index (χ1) is 8.13. The molecule has 1 unspecified atom stereocenters. The van der Waals surface area contributed by atoms with Crippen molar-refractivity contribution in [1.82, 2.24) is 9.55 Å². The van der Waals surface area contributed by atoms with E-state index in [4.69, 9.17) is 0 Å². The lowest BCUT2D eigenvalue weighted by molar-refractivity contribution is 0.0703. The summed E-state index contributed by atoms with van der Waals surface area (Å²) in [7, 11) is 1.83. The van der Waals surface area contributed by atoms with Crippen LogP contribution in [-0.2, 0) is 19.1 Å². The molecule has 3 rings (SSSR count). The first-order valence-corrected chi connectivity index (χ1v) is 5.61. The van der Waals surface area contributed by atoms with Crippen LogP contribution in [0.5, 0.6) is 0 Å². The normalized spacial score (nSPS) is 22.8. The number of benzene rings is 1. The molecular weight excluding hydrogens is 219 g/mol. The topological polar surface area (TPSA) is 38.0 Å². The van der Waals surface area contributed by atoms with Crippen molar-refractivity contribution in [3.8, 4) is 0 Å². The van der Waals surface area contributed by atoms with Crippen LogP contribution in [0, 0.1) is 5.82 Å². The van der Waals surface area contributed by atoms with E-state index in [1.807, 2.05) is 7.05 Å². The summed E-state index contributed by atoms with van der Waals surface area (Å²) in [6.45, 7) is 0. The molecule has 2 aromatic rings. The molecule has 0 saturated heterocycles. The number of hydrogen-bond acceptors (Lipinski definition) is 2. The molecule has 17 heavy (non-hydrogen) atoms. The van der Waals surface area contributed by atoms with Gasteiger partial charge in [-0.25, -0.2) is 9.37 Å². The highest BCUT2D eigenvalue weighted by Gasteiger charge is 2.42. The number of aryl methyl sites for hydroxylation is 1. The first kappa shape index (κ1) is 10.5. The van der Waals surface area contributed by atoms with Gasteiger partial charge in [0.05, 0.1) is 0 Å². The number of fused-ring (bicyclic) bond motifs is 1. The summed E-state index contributed by atoms with van der Waals surface area (Å²) in [5.41, 5.74) is 0.0974. The van der Waals surface area contributed by atoms with Crippen LogP contribution in [-0.4, -0.2) is 14.7 Å². The lowest BCUT2D eigenvalue weighted by Gasteiger charge is -2.23. The standard InChI is InChI=1S/C13H13FN2O/c1-16-8-7-15-12(16)13(17)6-5-9-10(13)3-2-4-11(9)14/h2-4,7-8,17H,5-6H2,1H3. The zero-order valence-electron chi connectivity index (χ0n) is 9.52. The maximum atomic E-state index is 13.6. The van der Waals surface area contributed by atoms with E-state index in [0.717, 1.165) is 0 Å². The fourth-order valence-electron chi connectivity index (χ4n) is 2.64. The highest BCUT2D eigenvalue weighted by molar-refractivity contribution is 5.42. The lowest BCUT2D eigenvalue weighted by Crippen LogP contribution is -2.27. The van der Waals surface area contributed by atoms with Gasteiger partial charge in [0.15, 0.2) is 0 Å². The Morgan fingerprint density at radius 2 is 2.29 bits per heavy atom. The minimum atomic E-state index is -1.16. The molecule has 4 heteroatoms. The van der Waals surface area contributed by atoms with Crippen LogP contribution >= 0.6 is 0 Å². The number of hydrogen-bond donors (Lipinski definition) is 1. The van der Waals surface area contributed by atoms with Gasteiger partial charge < -0.3 is 9.67 Å². The van der Waals surface area contributed by atoms with E-state index in [2.05, 4.69) is 4.98 Å². The molecule has 0 radical (unpaired) electrons. The minimum absolute atomic E-state index is 0.243. The van der Waals surface area contributed by atoms with Crippen molar-refractivity contribution in [2.24, 2.45) is 7.05 Å². The molecule has 1 aliphatic rings. The van der Waals surface area contributed by atoms with Gasteiger partial charge in [-0.05, 0) is 30.0 Å². The van der Waals surface area contributed by atoms with Gasteiger partial charge in [0, 0.05) is 19.4 Å². The summed E-state index contributed by atoms with van der Waals surface area (Å²) in [6, 6.07) is 4.84. The second-order valence-electron chi connectivity index (χ2n) is 4.49. The van der Waals surface area contributed by atoms with E-state index in [1.54, 1.807) is 29.1 Å². The summed E-state index contributed by atoms with van der Waals surface area (Å²) in [4.78, 5) is 4.19. The van der Waals surface area contributed by atoms with Crippen molar-refractivity contribution in [3.63, 3.8) is 0 Å². The van der Waals surface area contributed by atoms with Crippen molar-refractivity contribution < 1.29 is 9.50 Å². The van der Waals surface area contributed by atoms with E-state index < -0.39 is 5.60 Å². The van der Waals surface area contributed by atoms with Crippen LogP contribution < -0.4 is 0 Å². The van der Waals surface area contributed by atoms with Gasteiger partial charge in [-0.3, -0.25) is 0 Å². The predicted octanol–water partition coefficient (Wildman–Crippen LogP) is 1.74. The van der Waals surface area contributed by atoms with Crippen LogP contribution in [0.15, 0.2) is 30.6 Å². The van der Waals surface area contributed by atoms with Crippen LogP contribution in [0.1, 0.15) is 23.4 Å². The third-order valence-corrected chi connectivity index (χ3v) is 3.49. The largest absolute Gasteiger partial charge is 0.377 e. The number of halogens is 1. The maximum Gasteiger partial charge on any atom is 0.148 e. The van der Waals surface area contributed by atoms with Crippen molar-refractivity contribution in [1.29, 1.82) is 0 Å². The lowest BCUT2D eigenvalue weighted by atomic mass is 9.95. The molecular formula is C13H13FN2O. The van der Waals surface area contributed by atoms with E-state index in [1.165, 1.54) is 6.07 Å². The molecule has 1 atom stereocenters. The van der Waals surface area contributed by atoms with Crippen LogP contribution in [0.2, 0.25) is 0 Å². The van der Waals surface area contributed by atoms with Crippen molar-refractivity contribution in [2.75, 3.05) is 0 Å². The number of imidazole rings is 1. The summed E-state index contributed by atoms with van der Waals surface area (Å²) in [6.07, 6.45) is 4.45. The summed E-state index contributed by atoms with van der Waals surface area (Å²) in [5, 5.41) is 10.8. The van der Waals surface area contributed by atoms with Gasteiger partial charge in [-0.2, -0.15) is 0 Å². The zero-order valence-corrected chi connectivity index (χ0v) is 9.52. The molecule has 1 heterocycles. The van der Waals surface area contributed by atoms with Crippen molar-refractivity contribution >= 4 is 0 Å². The fraction of sp³-hybridized carbons (Fsp3) is 0.308. The predicted molar refractivity (Wildman–Crippen MR) is 60.9 cm³/mol. The van der Waals surface area contributed by atoms with Gasteiger partial charge in [0.1, 0.15) is 17.2 Å². The van der Waals surface area contributed by atoms with Crippen LogP contribution in [0.4, 0.5) is 4.39 Å². The summed E-state index contributed by atoms with van der Waals surface area (Å²) < 4.78 is 15.4. The van der Waals surface area contributed by atoms with E-state index in [0.29, 0.717) is 29.8 Å². The van der Waals surface area contributed by atoms with Gasteiger partial charge >= 0.3 is 0 Å². The van der Waals surface area contributed by atoms with E-state index in [-0.39, 0.29) is 5.82 Å². The first-order valence-electron chi connectivity index (χ1n) is 5.61. The smallest absolute Gasteiger partial charge is 0.148 e. The molecule has 88 valence electrons. The Hall–Kier alpha value is -1.68. The minimum Gasteiger partial charge on any atom is -0.377 e. The Labute approximate surface area is 98.5 Å².